The second-order valence-electron chi connectivity index (χ2n) is 11.3. The van der Waals surface area contributed by atoms with Gasteiger partial charge in [-0.15, -0.1) is 0 Å². The lowest BCUT2D eigenvalue weighted by Crippen LogP contribution is -2.49. The van der Waals surface area contributed by atoms with Gasteiger partial charge in [0.05, 0.1) is 0 Å². The molecule has 0 aromatic carbocycles. The molecule has 0 heterocycles. The van der Waals surface area contributed by atoms with E-state index in [1.807, 2.05) is 0 Å². The summed E-state index contributed by atoms with van der Waals surface area (Å²) in [7, 11) is 0. The summed E-state index contributed by atoms with van der Waals surface area (Å²) in [6, 6.07) is 0. The minimum absolute atomic E-state index is 0.750. The van der Waals surface area contributed by atoms with E-state index in [4.69, 9.17) is 0 Å². The van der Waals surface area contributed by atoms with Gasteiger partial charge in [-0.25, -0.2) is 0 Å². The van der Waals surface area contributed by atoms with Gasteiger partial charge in [0.15, 0.2) is 0 Å². The Morgan fingerprint density at radius 3 is 1.04 bits per heavy atom. The number of rotatable bonds is 6. The summed E-state index contributed by atoms with van der Waals surface area (Å²) in [6.45, 7) is 0. The average molecular weight is 377 g/mol. The molecule has 0 N–H and O–H groups in total. The topological polar surface area (TPSA) is 0 Å². The van der Waals surface area contributed by atoms with E-state index in [-0.39, 0.29) is 0 Å². The second-order valence-corrected chi connectivity index (χ2v) is 14.4. The Bertz CT molecular complexity index is 408. The normalized spacial score (nSPS) is 55.2. The van der Waals surface area contributed by atoms with E-state index in [0.717, 1.165) is 45.0 Å². The van der Waals surface area contributed by atoms with Crippen LogP contribution < -0.4 is 0 Å². The zero-order valence-corrected chi connectivity index (χ0v) is 17.5. The summed E-state index contributed by atoms with van der Waals surface area (Å²) < 4.78 is 1.50. The molecule has 0 unspecified atom stereocenters. The van der Waals surface area contributed by atoms with Crippen molar-refractivity contribution >= 4 is 23.5 Å². The van der Waals surface area contributed by atoms with Crippen LogP contribution in [-0.4, -0.2) is 21.0 Å². The van der Waals surface area contributed by atoms with Crippen LogP contribution in [0.4, 0.5) is 0 Å². The first kappa shape index (κ1) is 16.6. The van der Waals surface area contributed by atoms with Gasteiger partial charge < -0.3 is 0 Å². The molecule has 0 spiro atoms. The zero-order chi connectivity index (χ0) is 16.5. The minimum atomic E-state index is 0.750. The van der Waals surface area contributed by atoms with Crippen LogP contribution in [0.2, 0.25) is 0 Å². The van der Waals surface area contributed by atoms with E-state index < -0.39 is 0 Å². The Balaban J connectivity index is 0.996. The maximum absolute atomic E-state index is 2.44. The lowest BCUT2D eigenvalue weighted by molar-refractivity contribution is 0.0383. The van der Waals surface area contributed by atoms with Crippen LogP contribution >= 0.6 is 23.5 Å². The summed E-state index contributed by atoms with van der Waals surface area (Å²) in [6.07, 6.45) is 20.6. The van der Waals surface area contributed by atoms with Gasteiger partial charge in [-0.2, -0.15) is 23.5 Å². The smallest absolute Gasteiger partial charge is 0.0168 e. The first-order valence-electron chi connectivity index (χ1n) is 11.5. The van der Waals surface area contributed by atoms with Gasteiger partial charge in [0.25, 0.3) is 0 Å². The fourth-order valence-corrected chi connectivity index (χ4v) is 12.8. The van der Waals surface area contributed by atoms with Crippen molar-refractivity contribution in [3.8, 4) is 0 Å². The molecule has 8 aliphatic carbocycles. The van der Waals surface area contributed by atoms with Gasteiger partial charge in [0.2, 0.25) is 0 Å². The van der Waals surface area contributed by atoms with Crippen LogP contribution in [0.15, 0.2) is 0 Å². The van der Waals surface area contributed by atoms with Crippen LogP contribution in [-0.2, 0) is 0 Å². The molecule has 25 heavy (non-hydrogen) atoms. The Hall–Kier alpha value is 0.700. The average Bonchev–Trinajstić information content (AvgIpc) is 2.51. The number of thioether (sulfide) groups is 2. The first-order valence-corrected chi connectivity index (χ1v) is 13.4. The monoisotopic (exact) mass is 376 g/mol. The van der Waals surface area contributed by atoms with Crippen molar-refractivity contribution in [3.63, 3.8) is 0 Å². The SMILES string of the molecule is C(CSC12CC3CC(CC(C3)C1)C2)CSC12CC3CC(CC(C3)C1)C2. The van der Waals surface area contributed by atoms with Crippen molar-refractivity contribution < 1.29 is 0 Å². The lowest BCUT2D eigenvalue weighted by Gasteiger charge is -2.57. The van der Waals surface area contributed by atoms with Gasteiger partial charge >= 0.3 is 0 Å². The number of hydrogen-bond donors (Lipinski definition) is 0. The standard InChI is InChI=1S/C23H36S2/c1(2-24-22-10-16-4-17(11-22)6-18(5-16)12-22)3-25-23-13-19-7-20(14-23)9-21(8-19)15-23/h16-21H,1-15H2. The molecule has 8 fully saturated rings. The molecule has 8 rings (SSSR count). The van der Waals surface area contributed by atoms with Gasteiger partial charge in [0.1, 0.15) is 0 Å². The highest BCUT2D eigenvalue weighted by Crippen LogP contribution is 2.62. The molecule has 0 aromatic rings. The maximum Gasteiger partial charge on any atom is 0.0168 e. The summed E-state index contributed by atoms with van der Waals surface area (Å²) in [5.41, 5.74) is 0. The third-order valence-corrected chi connectivity index (χ3v) is 12.3. The lowest BCUT2D eigenvalue weighted by atomic mass is 9.56. The van der Waals surface area contributed by atoms with Crippen molar-refractivity contribution in [3.05, 3.63) is 0 Å². The van der Waals surface area contributed by atoms with Crippen LogP contribution in [0.1, 0.15) is 83.5 Å². The van der Waals surface area contributed by atoms with E-state index in [0.29, 0.717) is 0 Å². The zero-order valence-electron chi connectivity index (χ0n) is 15.9. The van der Waals surface area contributed by atoms with E-state index in [1.165, 1.54) is 17.9 Å². The fraction of sp³-hybridized carbons (Fsp3) is 1.00. The molecule has 0 aromatic heterocycles. The molecule has 0 nitrogen and oxygen atoms in total. The predicted molar refractivity (Wildman–Crippen MR) is 111 cm³/mol. The Kier molecular flexibility index (Phi) is 4.06. The summed E-state index contributed by atoms with van der Waals surface area (Å²) >= 11 is 4.88. The molecule has 0 radical (unpaired) electrons. The molecule has 8 saturated carbocycles. The second kappa shape index (κ2) is 6.10. The molecular formula is C23H36S2. The number of hydrogen-bond acceptors (Lipinski definition) is 2. The molecule has 0 saturated heterocycles. The van der Waals surface area contributed by atoms with E-state index >= 15 is 0 Å². The third-order valence-electron chi connectivity index (χ3n) is 9.07. The van der Waals surface area contributed by atoms with Gasteiger partial charge in [-0.05, 0) is 130 Å². The highest BCUT2D eigenvalue weighted by atomic mass is 32.2. The summed E-state index contributed by atoms with van der Waals surface area (Å²) in [5.74, 6) is 9.68. The molecule has 2 heteroatoms. The molecule has 0 aliphatic heterocycles. The van der Waals surface area contributed by atoms with Crippen molar-refractivity contribution in [2.45, 2.75) is 93.0 Å². The molecule has 8 bridgehead atoms. The third kappa shape index (κ3) is 3.04. The maximum atomic E-state index is 2.44. The van der Waals surface area contributed by atoms with Crippen molar-refractivity contribution in [2.75, 3.05) is 11.5 Å². The molecule has 0 amide bonds. The largest absolute Gasteiger partial charge is 0.155 e. The highest BCUT2D eigenvalue weighted by Gasteiger charge is 2.52. The van der Waals surface area contributed by atoms with E-state index in [9.17, 15) is 0 Å². The predicted octanol–water partition coefficient (Wildman–Crippen LogP) is 6.78. The van der Waals surface area contributed by atoms with Crippen molar-refractivity contribution in [1.82, 2.24) is 0 Å². The van der Waals surface area contributed by atoms with Crippen LogP contribution in [0, 0.1) is 35.5 Å². The quantitative estimate of drug-likeness (QED) is 0.469. The van der Waals surface area contributed by atoms with Crippen molar-refractivity contribution in [2.24, 2.45) is 35.5 Å². The molecular weight excluding hydrogens is 340 g/mol. The fourth-order valence-electron chi connectivity index (χ4n) is 9.05. The Morgan fingerprint density at radius 2 is 0.760 bits per heavy atom. The van der Waals surface area contributed by atoms with Gasteiger partial charge in [0, 0.05) is 9.49 Å². The van der Waals surface area contributed by atoms with Crippen LogP contribution in [0.5, 0.6) is 0 Å². The molecule has 0 atom stereocenters. The molecule has 140 valence electrons. The first-order chi connectivity index (χ1) is 12.2. The van der Waals surface area contributed by atoms with Gasteiger partial charge in [-0.1, -0.05) is 0 Å². The highest BCUT2D eigenvalue weighted by molar-refractivity contribution is 8.01. The minimum Gasteiger partial charge on any atom is -0.155 e. The van der Waals surface area contributed by atoms with E-state index in [1.54, 1.807) is 77.0 Å². The van der Waals surface area contributed by atoms with Crippen LogP contribution in [0.25, 0.3) is 0 Å². The molecule has 8 aliphatic rings. The Morgan fingerprint density at radius 1 is 0.480 bits per heavy atom. The van der Waals surface area contributed by atoms with Crippen molar-refractivity contribution in [1.29, 1.82) is 0 Å². The summed E-state index contributed by atoms with van der Waals surface area (Å²) in [5, 5.41) is 0. The Labute approximate surface area is 163 Å². The van der Waals surface area contributed by atoms with Gasteiger partial charge in [-0.3, -0.25) is 0 Å². The van der Waals surface area contributed by atoms with E-state index in [2.05, 4.69) is 23.5 Å². The van der Waals surface area contributed by atoms with Crippen LogP contribution in [0.3, 0.4) is 0 Å². The summed E-state index contributed by atoms with van der Waals surface area (Å²) in [4.78, 5) is 0.